The second kappa shape index (κ2) is 10.6. The van der Waals surface area contributed by atoms with Crippen LogP contribution in [0.3, 0.4) is 0 Å². The van der Waals surface area contributed by atoms with Crippen molar-refractivity contribution in [3.05, 3.63) is 36.5 Å². The fourth-order valence-corrected chi connectivity index (χ4v) is 2.97. The molecule has 4 heteroatoms. The minimum absolute atomic E-state index is 0.323. The molecule has 0 amide bonds. The number of nitrogens with two attached hydrogens (primary N) is 1. The van der Waals surface area contributed by atoms with E-state index in [1.54, 1.807) is 0 Å². The Morgan fingerprint density at radius 1 is 0.917 bits per heavy atom. The highest BCUT2D eigenvalue weighted by Gasteiger charge is 2.00. The minimum atomic E-state index is 0.323. The van der Waals surface area contributed by atoms with Crippen LogP contribution in [-0.2, 0) is 0 Å². The summed E-state index contributed by atoms with van der Waals surface area (Å²) in [5, 5.41) is 11.9. The average Bonchev–Trinajstić information content (AvgIpc) is 2.59. The fourth-order valence-electron chi connectivity index (χ4n) is 2.97. The van der Waals surface area contributed by atoms with Gasteiger partial charge >= 0.3 is 0 Å². The Bertz CT molecular complexity index is 619. The zero-order valence-corrected chi connectivity index (χ0v) is 14.6. The van der Waals surface area contributed by atoms with Gasteiger partial charge in [0, 0.05) is 24.5 Å². The van der Waals surface area contributed by atoms with E-state index in [1.807, 2.05) is 12.3 Å². The lowest BCUT2D eigenvalue weighted by Gasteiger charge is -2.09. The van der Waals surface area contributed by atoms with E-state index in [9.17, 15) is 0 Å². The van der Waals surface area contributed by atoms with Gasteiger partial charge in [-0.1, -0.05) is 56.7 Å². The third kappa shape index (κ3) is 6.57. The number of fused-ring (bicyclic) bond motifs is 1. The Balaban J connectivity index is 1.52. The number of unbranched alkanes of at least 4 members (excludes halogenated alkanes) is 7. The van der Waals surface area contributed by atoms with Crippen LogP contribution in [0.5, 0.6) is 0 Å². The summed E-state index contributed by atoms with van der Waals surface area (Å²) in [6, 6.07) is 10.4. The lowest BCUT2D eigenvalue weighted by atomic mass is 10.1. The third-order valence-corrected chi connectivity index (χ3v) is 4.32. The predicted octanol–water partition coefficient (Wildman–Crippen LogP) is 5.09. The molecule has 0 saturated heterocycles. The molecule has 1 heterocycles. The van der Waals surface area contributed by atoms with Crippen LogP contribution in [0.2, 0.25) is 0 Å². The van der Waals surface area contributed by atoms with Gasteiger partial charge in [-0.25, -0.2) is 0 Å². The summed E-state index contributed by atoms with van der Waals surface area (Å²) in [6.07, 6.45) is 12.6. The highest BCUT2D eigenvalue weighted by molar-refractivity contribution is 5.90. The van der Waals surface area contributed by atoms with Crippen LogP contribution in [0.1, 0.15) is 57.8 Å². The molecule has 0 atom stereocenters. The van der Waals surface area contributed by atoms with Gasteiger partial charge in [0.2, 0.25) is 0 Å². The van der Waals surface area contributed by atoms with Crippen LogP contribution in [0, 0.1) is 5.41 Å². The van der Waals surface area contributed by atoms with Gasteiger partial charge in [0.05, 0.1) is 17.0 Å². The molecule has 0 aliphatic heterocycles. The molecule has 0 aliphatic carbocycles. The molecule has 24 heavy (non-hydrogen) atoms. The Kier molecular flexibility index (Phi) is 8.08. The largest absolute Gasteiger partial charge is 0.388 e. The number of aromatic nitrogens is 1. The highest BCUT2D eigenvalue weighted by Crippen LogP contribution is 2.20. The van der Waals surface area contributed by atoms with Gasteiger partial charge in [0.15, 0.2) is 0 Å². The minimum Gasteiger partial charge on any atom is -0.388 e. The van der Waals surface area contributed by atoms with Crippen molar-refractivity contribution in [2.45, 2.75) is 57.8 Å². The normalized spacial score (nSPS) is 10.8. The van der Waals surface area contributed by atoms with Crippen molar-refractivity contribution >= 4 is 22.4 Å². The third-order valence-electron chi connectivity index (χ3n) is 4.32. The maximum Gasteiger partial charge on any atom is 0.0933 e. The van der Waals surface area contributed by atoms with Crippen LogP contribution in [0.25, 0.3) is 10.9 Å². The lowest BCUT2D eigenvalue weighted by molar-refractivity contribution is 0.576. The second-order valence-corrected chi connectivity index (χ2v) is 6.41. The second-order valence-electron chi connectivity index (χ2n) is 6.41. The highest BCUT2D eigenvalue weighted by atomic mass is 14.9. The predicted molar refractivity (Wildman–Crippen MR) is 104 cm³/mol. The molecule has 4 nitrogen and oxygen atoms in total. The van der Waals surface area contributed by atoms with Crippen LogP contribution in [0.4, 0.5) is 5.69 Å². The van der Waals surface area contributed by atoms with Crippen molar-refractivity contribution in [3.8, 4) is 0 Å². The molecular formula is C20H30N4. The topological polar surface area (TPSA) is 74.8 Å². The van der Waals surface area contributed by atoms with E-state index in [2.05, 4.69) is 34.6 Å². The van der Waals surface area contributed by atoms with E-state index in [0.29, 0.717) is 5.84 Å². The Labute approximate surface area is 145 Å². The molecule has 1 aromatic carbocycles. The van der Waals surface area contributed by atoms with Crippen LogP contribution in [-0.4, -0.2) is 17.4 Å². The van der Waals surface area contributed by atoms with Crippen LogP contribution < -0.4 is 11.1 Å². The Morgan fingerprint density at radius 2 is 1.58 bits per heavy atom. The fraction of sp³-hybridized carbons (Fsp3) is 0.500. The monoisotopic (exact) mass is 326 g/mol. The first kappa shape index (κ1) is 18.2. The first-order valence-electron chi connectivity index (χ1n) is 9.18. The van der Waals surface area contributed by atoms with Gasteiger partial charge in [-0.05, 0) is 25.0 Å². The summed E-state index contributed by atoms with van der Waals surface area (Å²) in [5.74, 6) is 0.323. The van der Waals surface area contributed by atoms with Crippen LogP contribution >= 0.6 is 0 Å². The van der Waals surface area contributed by atoms with Gasteiger partial charge < -0.3 is 11.1 Å². The number of anilines is 1. The molecule has 0 fully saturated rings. The smallest absolute Gasteiger partial charge is 0.0933 e. The van der Waals surface area contributed by atoms with Gasteiger partial charge in [0.1, 0.15) is 0 Å². The summed E-state index contributed by atoms with van der Waals surface area (Å²) in [4.78, 5) is 4.47. The number of pyridine rings is 1. The Morgan fingerprint density at radius 3 is 2.33 bits per heavy atom. The van der Waals surface area contributed by atoms with E-state index in [-0.39, 0.29) is 0 Å². The molecule has 2 rings (SSSR count). The van der Waals surface area contributed by atoms with Crippen molar-refractivity contribution in [3.63, 3.8) is 0 Å². The summed E-state index contributed by atoms with van der Waals surface area (Å²) in [6.45, 7) is 1.01. The zero-order valence-electron chi connectivity index (χ0n) is 14.6. The average molecular weight is 326 g/mol. The maximum absolute atomic E-state index is 7.18. The van der Waals surface area contributed by atoms with Crippen molar-refractivity contribution in [2.75, 3.05) is 11.9 Å². The van der Waals surface area contributed by atoms with Gasteiger partial charge in [0.25, 0.3) is 0 Å². The number of amidine groups is 1. The molecule has 0 spiro atoms. The number of benzene rings is 1. The van der Waals surface area contributed by atoms with Crippen molar-refractivity contribution < 1.29 is 0 Å². The summed E-state index contributed by atoms with van der Waals surface area (Å²) < 4.78 is 0. The van der Waals surface area contributed by atoms with E-state index >= 15 is 0 Å². The number of para-hydroxylation sites is 1. The number of nitrogens with one attached hydrogen (secondary N) is 2. The van der Waals surface area contributed by atoms with E-state index < -0.39 is 0 Å². The number of nitrogens with zero attached hydrogens (tertiary/aromatic N) is 1. The summed E-state index contributed by atoms with van der Waals surface area (Å²) in [5.41, 5.74) is 7.55. The molecule has 2 aromatic rings. The molecule has 0 saturated carbocycles. The summed E-state index contributed by atoms with van der Waals surface area (Å²) in [7, 11) is 0. The molecule has 0 bridgehead atoms. The van der Waals surface area contributed by atoms with E-state index in [4.69, 9.17) is 11.1 Å². The molecule has 0 unspecified atom stereocenters. The quantitative estimate of drug-likeness (QED) is 0.289. The molecule has 1 aromatic heterocycles. The van der Waals surface area contributed by atoms with Crippen LogP contribution in [0.15, 0.2) is 36.5 Å². The SMILES string of the molecule is N=C(N)CCCCCCCCCCNc1cccc2cccnc12. The molecular weight excluding hydrogens is 296 g/mol. The summed E-state index contributed by atoms with van der Waals surface area (Å²) >= 11 is 0. The van der Waals surface area contributed by atoms with Gasteiger partial charge in [-0.15, -0.1) is 0 Å². The maximum atomic E-state index is 7.18. The zero-order chi connectivity index (χ0) is 17.0. The molecule has 0 radical (unpaired) electrons. The standard InChI is InChI=1S/C20H30N4/c21-19(22)14-7-5-3-1-2-4-6-8-15-23-18-13-9-11-17-12-10-16-24-20(17)18/h9-13,16,23H,1-8,14-15H2,(H3,21,22). The lowest BCUT2D eigenvalue weighted by Crippen LogP contribution is -2.08. The molecule has 4 N–H and O–H groups in total. The van der Waals surface area contributed by atoms with Crippen molar-refractivity contribution in [2.24, 2.45) is 5.73 Å². The number of rotatable bonds is 12. The van der Waals surface area contributed by atoms with Gasteiger partial charge in [-0.3, -0.25) is 10.4 Å². The first-order chi connectivity index (χ1) is 11.8. The Hall–Kier alpha value is -2.10. The van der Waals surface area contributed by atoms with Crippen molar-refractivity contribution in [1.29, 1.82) is 5.41 Å². The van der Waals surface area contributed by atoms with E-state index in [0.717, 1.165) is 30.6 Å². The number of hydrogen-bond acceptors (Lipinski definition) is 3. The molecule has 130 valence electrons. The van der Waals surface area contributed by atoms with E-state index in [1.165, 1.54) is 50.3 Å². The van der Waals surface area contributed by atoms with Gasteiger partial charge in [-0.2, -0.15) is 0 Å². The molecule has 0 aliphatic rings. The first-order valence-corrected chi connectivity index (χ1v) is 9.18. The van der Waals surface area contributed by atoms with Crippen molar-refractivity contribution in [1.82, 2.24) is 4.98 Å². The number of hydrogen-bond donors (Lipinski definition) is 3.